The van der Waals surface area contributed by atoms with Crippen molar-refractivity contribution < 1.29 is 9.53 Å². The molecule has 0 saturated heterocycles. The molecule has 0 aliphatic heterocycles. The van der Waals surface area contributed by atoms with E-state index in [4.69, 9.17) is 14.7 Å². The van der Waals surface area contributed by atoms with Gasteiger partial charge in [-0.05, 0) is 74.5 Å². The molecular formula is C47H33N3O2. The Morgan fingerprint density at radius 1 is 0.577 bits per heavy atom. The SMILES string of the molecule is COC(=O)c1ccccc1-c1cc2c(c3ccccc13)c1ccccc1n2-c1nc(-c2ccc3c(c2)C(C)(C)c2ccccc2-3)c2ccccc2n1. The van der Waals surface area contributed by atoms with Crippen molar-refractivity contribution in [1.29, 1.82) is 0 Å². The molecule has 1 aliphatic rings. The summed E-state index contributed by atoms with van der Waals surface area (Å²) in [7, 11) is 1.42. The molecule has 5 nitrogen and oxygen atoms in total. The molecule has 9 aromatic rings. The summed E-state index contributed by atoms with van der Waals surface area (Å²) in [6.07, 6.45) is 0. The van der Waals surface area contributed by atoms with E-state index in [1.807, 2.05) is 36.4 Å². The van der Waals surface area contributed by atoms with E-state index in [9.17, 15) is 4.79 Å². The average Bonchev–Trinajstić information content (AvgIpc) is 3.65. The number of hydrogen-bond acceptors (Lipinski definition) is 4. The van der Waals surface area contributed by atoms with Crippen molar-refractivity contribution in [1.82, 2.24) is 14.5 Å². The van der Waals surface area contributed by atoms with Gasteiger partial charge in [0.2, 0.25) is 5.95 Å². The maximum absolute atomic E-state index is 13.1. The number of rotatable bonds is 4. The molecule has 10 rings (SSSR count). The fraction of sp³-hybridized carbons (Fsp3) is 0.0851. The topological polar surface area (TPSA) is 57.0 Å². The number of para-hydroxylation sites is 2. The van der Waals surface area contributed by atoms with Gasteiger partial charge in [-0.3, -0.25) is 4.57 Å². The molecule has 52 heavy (non-hydrogen) atoms. The maximum Gasteiger partial charge on any atom is 0.338 e. The van der Waals surface area contributed by atoms with Crippen LogP contribution in [0, 0.1) is 0 Å². The Kier molecular flexibility index (Phi) is 6.52. The molecule has 2 aromatic heterocycles. The Labute approximate surface area is 300 Å². The summed E-state index contributed by atoms with van der Waals surface area (Å²) in [5, 5.41) is 5.36. The van der Waals surface area contributed by atoms with Crippen LogP contribution in [0.25, 0.3) is 82.9 Å². The number of carbonyl (C=O) groups is 1. The normalized spacial score (nSPS) is 13.1. The van der Waals surface area contributed by atoms with Gasteiger partial charge in [0.05, 0.1) is 34.9 Å². The summed E-state index contributed by atoms with van der Waals surface area (Å²) in [6.45, 7) is 4.62. The second kappa shape index (κ2) is 11.2. The zero-order chi connectivity index (χ0) is 35.1. The summed E-state index contributed by atoms with van der Waals surface area (Å²) in [5.74, 6) is 0.217. The molecule has 0 N–H and O–H groups in total. The lowest BCUT2D eigenvalue weighted by molar-refractivity contribution is 0.0601. The quantitative estimate of drug-likeness (QED) is 0.175. The smallest absolute Gasteiger partial charge is 0.338 e. The molecule has 0 bridgehead atoms. The van der Waals surface area contributed by atoms with Crippen molar-refractivity contribution in [2.45, 2.75) is 19.3 Å². The van der Waals surface area contributed by atoms with Crippen LogP contribution >= 0.6 is 0 Å². The molecule has 0 saturated carbocycles. The van der Waals surface area contributed by atoms with Crippen LogP contribution in [0.15, 0.2) is 146 Å². The molecule has 0 atom stereocenters. The number of fused-ring (bicyclic) bond motifs is 9. The average molecular weight is 672 g/mol. The highest BCUT2D eigenvalue weighted by molar-refractivity contribution is 6.24. The number of hydrogen-bond donors (Lipinski definition) is 0. The summed E-state index contributed by atoms with van der Waals surface area (Å²) >= 11 is 0. The lowest BCUT2D eigenvalue weighted by Crippen LogP contribution is -2.15. The van der Waals surface area contributed by atoms with Gasteiger partial charge in [0.25, 0.3) is 0 Å². The molecule has 248 valence electrons. The Bertz CT molecular complexity index is 2950. The largest absolute Gasteiger partial charge is 0.465 e. The van der Waals surface area contributed by atoms with Crippen LogP contribution < -0.4 is 0 Å². The Hall–Kier alpha value is -6.59. The third-order valence-corrected chi connectivity index (χ3v) is 10.9. The molecule has 0 radical (unpaired) electrons. The van der Waals surface area contributed by atoms with Gasteiger partial charge in [0, 0.05) is 27.1 Å². The van der Waals surface area contributed by atoms with Crippen molar-refractivity contribution in [2.75, 3.05) is 7.11 Å². The van der Waals surface area contributed by atoms with Gasteiger partial charge >= 0.3 is 5.97 Å². The number of benzene rings is 7. The highest BCUT2D eigenvalue weighted by atomic mass is 16.5. The minimum absolute atomic E-state index is 0.140. The number of methoxy groups -OCH3 is 1. The molecule has 0 amide bonds. The van der Waals surface area contributed by atoms with Gasteiger partial charge < -0.3 is 4.74 Å². The van der Waals surface area contributed by atoms with Gasteiger partial charge in [0.1, 0.15) is 0 Å². The third-order valence-electron chi connectivity index (χ3n) is 10.9. The fourth-order valence-corrected chi connectivity index (χ4v) is 8.51. The van der Waals surface area contributed by atoms with Crippen LogP contribution in [0.1, 0.15) is 35.3 Å². The van der Waals surface area contributed by atoms with E-state index in [1.54, 1.807) is 0 Å². The van der Waals surface area contributed by atoms with Crippen LogP contribution in [0.4, 0.5) is 0 Å². The number of ether oxygens (including phenoxy) is 1. The number of carbonyl (C=O) groups excluding carboxylic acids is 1. The minimum Gasteiger partial charge on any atom is -0.465 e. The number of aromatic nitrogens is 3. The summed E-state index contributed by atoms with van der Waals surface area (Å²) < 4.78 is 7.41. The first-order chi connectivity index (χ1) is 25.4. The maximum atomic E-state index is 13.1. The van der Waals surface area contributed by atoms with Crippen LogP contribution in [-0.4, -0.2) is 27.6 Å². The van der Waals surface area contributed by atoms with Crippen molar-refractivity contribution in [3.05, 3.63) is 162 Å². The van der Waals surface area contributed by atoms with Crippen molar-refractivity contribution in [2.24, 2.45) is 0 Å². The zero-order valence-corrected chi connectivity index (χ0v) is 29.0. The van der Waals surface area contributed by atoms with Crippen molar-refractivity contribution in [3.63, 3.8) is 0 Å². The molecule has 2 heterocycles. The first-order valence-corrected chi connectivity index (χ1v) is 17.6. The number of nitrogens with zero attached hydrogens (tertiary/aromatic N) is 3. The Morgan fingerprint density at radius 3 is 2.06 bits per heavy atom. The summed E-state index contributed by atoms with van der Waals surface area (Å²) in [5.41, 5.74) is 12.1. The van der Waals surface area contributed by atoms with Crippen LogP contribution in [0.3, 0.4) is 0 Å². The number of esters is 1. The van der Waals surface area contributed by atoms with E-state index in [0.717, 1.165) is 65.9 Å². The van der Waals surface area contributed by atoms with Gasteiger partial charge in [-0.1, -0.05) is 129 Å². The van der Waals surface area contributed by atoms with E-state index in [-0.39, 0.29) is 11.4 Å². The molecular weight excluding hydrogens is 639 g/mol. The van der Waals surface area contributed by atoms with E-state index in [1.165, 1.54) is 29.4 Å². The predicted molar refractivity (Wildman–Crippen MR) is 211 cm³/mol. The zero-order valence-electron chi connectivity index (χ0n) is 29.0. The van der Waals surface area contributed by atoms with Gasteiger partial charge in [-0.15, -0.1) is 0 Å². The highest BCUT2D eigenvalue weighted by Gasteiger charge is 2.35. The predicted octanol–water partition coefficient (Wildman–Crippen LogP) is 11.3. The molecule has 0 unspecified atom stereocenters. The molecule has 1 aliphatic carbocycles. The molecule has 0 fully saturated rings. The van der Waals surface area contributed by atoms with E-state index < -0.39 is 0 Å². The molecule has 0 spiro atoms. The minimum atomic E-state index is -0.372. The third kappa shape index (κ3) is 4.26. The lowest BCUT2D eigenvalue weighted by Gasteiger charge is -2.22. The van der Waals surface area contributed by atoms with Gasteiger partial charge in [0.15, 0.2) is 0 Å². The standard InChI is InChI=1S/C47H33N3O2/c1-47(2)38-21-11-8-16-31(38)32-25-24-28(26-39(32)47)44-35-19-9-12-22-40(35)48-46(49-44)50-41-23-13-10-20-36(41)43-33-17-6-4-14-29(33)37(27-42(43)50)30-15-5-7-18-34(30)45(51)52-3/h4-27H,1-3H3. The van der Waals surface area contributed by atoms with Crippen LogP contribution in [0.5, 0.6) is 0 Å². The van der Waals surface area contributed by atoms with Crippen LogP contribution in [0.2, 0.25) is 0 Å². The molecule has 7 aromatic carbocycles. The molecule has 5 heteroatoms. The Morgan fingerprint density at radius 2 is 1.23 bits per heavy atom. The second-order valence-corrected chi connectivity index (χ2v) is 14.1. The first-order valence-electron chi connectivity index (χ1n) is 17.6. The lowest BCUT2D eigenvalue weighted by atomic mass is 9.82. The van der Waals surface area contributed by atoms with Crippen molar-refractivity contribution >= 4 is 49.5 Å². The van der Waals surface area contributed by atoms with Crippen LogP contribution in [-0.2, 0) is 10.2 Å². The summed E-state index contributed by atoms with van der Waals surface area (Å²) in [4.78, 5) is 23.8. The highest BCUT2D eigenvalue weighted by Crippen LogP contribution is 2.50. The summed E-state index contributed by atoms with van der Waals surface area (Å²) in [6, 6.07) is 50.5. The van der Waals surface area contributed by atoms with Gasteiger partial charge in [-0.25, -0.2) is 14.8 Å². The monoisotopic (exact) mass is 671 g/mol. The van der Waals surface area contributed by atoms with E-state index >= 15 is 0 Å². The van der Waals surface area contributed by atoms with Crippen molar-refractivity contribution in [3.8, 4) is 39.5 Å². The fourth-order valence-electron chi connectivity index (χ4n) is 8.51. The first kappa shape index (κ1) is 30.3. The Balaban J connectivity index is 1.28. The second-order valence-electron chi connectivity index (χ2n) is 14.1. The van der Waals surface area contributed by atoms with Gasteiger partial charge in [-0.2, -0.15) is 0 Å². The van der Waals surface area contributed by atoms with E-state index in [2.05, 4.69) is 128 Å². The van der Waals surface area contributed by atoms with E-state index in [0.29, 0.717) is 11.5 Å².